The number of carbonyl (C=O) groups excluding carboxylic acids is 1. The fourth-order valence-electron chi connectivity index (χ4n) is 2.77. The maximum absolute atomic E-state index is 12.6. The van der Waals surface area contributed by atoms with E-state index in [1.807, 2.05) is 30.3 Å². The normalized spacial score (nSPS) is 13.6. The molecule has 6 heteroatoms. The Hall–Kier alpha value is -3.02. The van der Waals surface area contributed by atoms with E-state index in [1.165, 1.54) is 6.26 Å². The first-order valence-electron chi connectivity index (χ1n) is 8.19. The van der Waals surface area contributed by atoms with Gasteiger partial charge in [-0.3, -0.25) is 4.79 Å². The molecule has 1 aliphatic carbocycles. The van der Waals surface area contributed by atoms with Gasteiger partial charge in [0.05, 0.1) is 19.9 Å². The van der Waals surface area contributed by atoms with Crippen LogP contribution in [0.1, 0.15) is 29.1 Å². The fourth-order valence-corrected chi connectivity index (χ4v) is 2.77. The summed E-state index contributed by atoms with van der Waals surface area (Å²) in [5.41, 5.74) is 1.60. The molecule has 0 spiro atoms. The van der Waals surface area contributed by atoms with Gasteiger partial charge in [-0.05, 0) is 37.1 Å². The van der Waals surface area contributed by atoms with E-state index in [2.05, 4.69) is 5.16 Å². The molecular formula is C19H18N2O4. The van der Waals surface area contributed by atoms with Crippen molar-refractivity contribution in [3.05, 3.63) is 60.2 Å². The first-order valence-corrected chi connectivity index (χ1v) is 8.19. The molecule has 0 N–H and O–H groups in total. The van der Waals surface area contributed by atoms with Crippen LogP contribution in [-0.4, -0.2) is 29.1 Å². The average Bonchev–Trinajstić information content (AvgIpc) is 3.14. The third kappa shape index (κ3) is 3.28. The van der Waals surface area contributed by atoms with Gasteiger partial charge in [-0.25, -0.2) is 0 Å². The summed E-state index contributed by atoms with van der Waals surface area (Å²) in [4.78, 5) is 14.4. The highest BCUT2D eigenvalue weighted by Crippen LogP contribution is 2.31. The maximum Gasteiger partial charge on any atom is 0.290 e. The SMILES string of the molecule is COc1cccc(-c2cc(CN(C(=O)c3ccco3)C3CC3)no2)c1. The van der Waals surface area contributed by atoms with E-state index in [4.69, 9.17) is 13.7 Å². The van der Waals surface area contributed by atoms with Crippen LogP contribution in [0.5, 0.6) is 5.75 Å². The molecule has 3 aromatic rings. The van der Waals surface area contributed by atoms with Crippen molar-refractivity contribution in [1.29, 1.82) is 0 Å². The third-order valence-corrected chi connectivity index (χ3v) is 4.23. The average molecular weight is 338 g/mol. The van der Waals surface area contributed by atoms with Gasteiger partial charge in [0.2, 0.25) is 0 Å². The predicted molar refractivity (Wildman–Crippen MR) is 90.1 cm³/mol. The zero-order valence-electron chi connectivity index (χ0n) is 13.8. The number of nitrogens with zero attached hydrogens (tertiary/aromatic N) is 2. The van der Waals surface area contributed by atoms with Gasteiger partial charge in [-0.1, -0.05) is 17.3 Å². The maximum atomic E-state index is 12.6. The molecule has 1 saturated carbocycles. The molecule has 0 saturated heterocycles. The standard InChI is InChI=1S/C19H18N2O4/c1-23-16-5-2-4-13(10-16)18-11-14(20-25-18)12-21(15-7-8-15)19(22)17-6-3-9-24-17/h2-6,9-11,15H,7-8,12H2,1H3. The molecule has 2 aromatic heterocycles. The summed E-state index contributed by atoms with van der Waals surface area (Å²) >= 11 is 0. The fraction of sp³-hybridized carbons (Fsp3) is 0.263. The smallest absolute Gasteiger partial charge is 0.290 e. The van der Waals surface area contributed by atoms with Crippen LogP contribution in [0.25, 0.3) is 11.3 Å². The Morgan fingerprint density at radius 2 is 2.16 bits per heavy atom. The molecule has 0 bridgehead atoms. The van der Waals surface area contributed by atoms with Gasteiger partial charge in [0.15, 0.2) is 11.5 Å². The number of rotatable bonds is 6. The van der Waals surface area contributed by atoms with Crippen LogP contribution >= 0.6 is 0 Å². The highest BCUT2D eigenvalue weighted by atomic mass is 16.5. The second kappa shape index (κ2) is 6.47. The number of carbonyl (C=O) groups is 1. The Morgan fingerprint density at radius 3 is 2.88 bits per heavy atom. The molecular weight excluding hydrogens is 320 g/mol. The number of hydrogen-bond donors (Lipinski definition) is 0. The molecule has 0 unspecified atom stereocenters. The van der Waals surface area contributed by atoms with Crippen LogP contribution in [-0.2, 0) is 6.54 Å². The van der Waals surface area contributed by atoms with Crippen molar-refractivity contribution in [1.82, 2.24) is 10.1 Å². The van der Waals surface area contributed by atoms with Crippen LogP contribution in [0.2, 0.25) is 0 Å². The molecule has 0 radical (unpaired) electrons. The monoisotopic (exact) mass is 338 g/mol. The molecule has 1 amide bonds. The zero-order valence-corrected chi connectivity index (χ0v) is 13.8. The summed E-state index contributed by atoms with van der Waals surface area (Å²) in [6, 6.07) is 13.1. The van der Waals surface area contributed by atoms with Crippen LogP contribution < -0.4 is 4.74 Å². The lowest BCUT2D eigenvalue weighted by Crippen LogP contribution is -2.32. The Balaban J connectivity index is 1.54. The van der Waals surface area contributed by atoms with Crippen molar-refractivity contribution < 1.29 is 18.5 Å². The van der Waals surface area contributed by atoms with E-state index >= 15 is 0 Å². The minimum atomic E-state index is -0.113. The molecule has 6 nitrogen and oxygen atoms in total. The Kier molecular flexibility index (Phi) is 4.01. The largest absolute Gasteiger partial charge is 0.497 e. The molecule has 25 heavy (non-hydrogen) atoms. The first-order chi connectivity index (χ1) is 12.2. The highest BCUT2D eigenvalue weighted by molar-refractivity contribution is 5.91. The minimum absolute atomic E-state index is 0.113. The van der Waals surface area contributed by atoms with Crippen molar-refractivity contribution in [2.75, 3.05) is 7.11 Å². The molecule has 2 heterocycles. The molecule has 1 aromatic carbocycles. The summed E-state index contributed by atoms with van der Waals surface area (Å²) in [7, 11) is 1.62. The minimum Gasteiger partial charge on any atom is -0.497 e. The van der Waals surface area contributed by atoms with E-state index in [9.17, 15) is 4.79 Å². The number of methoxy groups -OCH3 is 1. The number of amides is 1. The first kappa shape index (κ1) is 15.5. The van der Waals surface area contributed by atoms with Gasteiger partial charge in [-0.15, -0.1) is 0 Å². The van der Waals surface area contributed by atoms with Crippen LogP contribution in [0, 0.1) is 0 Å². The summed E-state index contributed by atoms with van der Waals surface area (Å²) in [5.74, 6) is 1.64. The topological polar surface area (TPSA) is 68.7 Å². The number of furan rings is 1. The number of hydrogen-bond acceptors (Lipinski definition) is 5. The van der Waals surface area contributed by atoms with Gasteiger partial charge in [0, 0.05) is 17.7 Å². The van der Waals surface area contributed by atoms with E-state index in [0.717, 1.165) is 24.2 Å². The van der Waals surface area contributed by atoms with Crippen molar-refractivity contribution in [2.24, 2.45) is 0 Å². The summed E-state index contributed by atoms with van der Waals surface area (Å²) in [5, 5.41) is 4.12. The lowest BCUT2D eigenvalue weighted by Gasteiger charge is -2.19. The van der Waals surface area contributed by atoms with E-state index in [1.54, 1.807) is 24.1 Å². The summed E-state index contributed by atoms with van der Waals surface area (Å²) in [6.45, 7) is 0.400. The van der Waals surface area contributed by atoms with E-state index < -0.39 is 0 Å². The third-order valence-electron chi connectivity index (χ3n) is 4.23. The summed E-state index contributed by atoms with van der Waals surface area (Å²) < 4.78 is 15.9. The lowest BCUT2D eigenvalue weighted by atomic mass is 10.1. The van der Waals surface area contributed by atoms with E-state index in [0.29, 0.717) is 23.8 Å². The van der Waals surface area contributed by atoms with Gasteiger partial charge >= 0.3 is 0 Å². The van der Waals surface area contributed by atoms with Crippen molar-refractivity contribution >= 4 is 5.91 Å². The lowest BCUT2D eigenvalue weighted by molar-refractivity contribution is 0.0693. The predicted octanol–water partition coefficient (Wildman–Crippen LogP) is 3.75. The molecule has 4 rings (SSSR count). The number of benzene rings is 1. The van der Waals surface area contributed by atoms with Gasteiger partial charge in [0.25, 0.3) is 5.91 Å². The quantitative estimate of drug-likeness (QED) is 0.685. The zero-order chi connectivity index (χ0) is 17.2. The summed E-state index contributed by atoms with van der Waals surface area (Å²) in [6.07, 6.45) is 3.52. The van der Waals surface area contributed by atoms with Crippen LogP contribution in [0.15, 0.2) is 57.7 Å². The van der Waals surface area contributed by atoms with Crippen molar-refractivity contribution in [3.63, 3.8) is 0 Å². The molecule has 1 fully saturated rings. The van der Waals surface area contributed by atoms with Crippen LogP contribution in [0.3, 0.4) is 0 Å². The van der Waals surface area contributed by atoms with Crippen molar-refractivity contribution in [2.45, 2.75) is 25.4 Å². The second-order valence-electron chi connectivity index (χ2n) is 6.06. The number of aromatic nitrogens is 1. The molecule has 0 aliphatic heterocycles. The van der Waals surface area contributed by atoms with Gasteiger partial charge < -0.3 is 18.6 Å². The molecule has 1 aliphatic rings. The van der Waals surface area contributed by atoms with Gasteiger partial charge in [0.1, 0.15) is 11.4 Å². The molecule has 128 valence electrons. The molecule has 0 atom stereocenters. The van der Waals surface area contributed by atoms with Gasteiger partial charge in [-0.2, -0.15) is 0 Å². The highest BCUT2D eigenvalue weighted by Gasteiger charge is 2.34. The number of ether oxygens (including phenoxy) is 1. The Bertz CT molecular complexity index is 865. The van der Waals surface area contributed by atoms with Crippen molar-refractivity contribution in [3.8, 4) is 17.1 Å². The van der Waals surface area contributed by atoms with Crippen LogP contribution in [0.4, 0.5) is 0 Å². The second-order valence-corrected chi connectivity index (χ2v) is 6.06. The Labute approximate surface area is 145 Å². The Morgan fingerprint density at radius 1 is 1.28 bits per heavy atom. The van der Waals surface area contributed by atoms with E-state index in [-0.39, 0.29) is 11.9 Å².